The number of carbonyl (C=O) groups is 2. The Morgan fingerprint density at radius 2 is 1.70 bits per heavy atom. The van der Waals surface area contributed by atoms with Crippen molar-refractivity contribution in [2.24, 2.45) is 11.3 Å². The molecule has 3 aliphatic rings. The molecule has 0 saturated carbocycles. The highest BCUT2D eigenvalue weighted by molar-refractivity contribution is 7.89. The molecule has 9 nitrogen and oxygen atoms in total. The van der Waals surface area contributed by atoms with E-state index in [1.807, 2.05) is 17.3 Å². The molecule has 1 aromatic heterocycles. The topological polar surface area (TPSA) is 100 Å². The summed E-state index contributed by atoms with van der Waals surface area (Å²) in [6.07, 6.45) is 7.81. The molecule has 4 rings (SSSR count). The van der Waals surface area contributed by atoms with Gasteiger partial charge >= 0.3 is 5.97 Å². The monoisotopic (exact) mass is 478 g/mol. The Kier molecular flexibility index (Phi) is 7.23. The van der Waals surface area contributed by atoms with E-state index < -0.39 is 21.7 Å². The van der Waals surface area contributed by atoms with E-state index >= 15 is 0 Å². The normalized spacial score (nSPS) is 22.0. The van der Waals surface area contributed by atoms with Crippen LogP contribution in [0.3, 0.4) is 0 Å². The van der Waals surface area contributed by atoms with Gasteiger partial charge in [0.05, 0.1) is 6.61 Å². The first-order chi connectivity index (χ1) is 15.8. The van der Waals surface area contributed by atoms with Crippen molar-refractivity contribution in [2.45, 2.75) is 39.0 Å². The Hall–Kier alpha value is -2.20. The van der Waals surface area contributed by atoms with Crippen molar-refractivity contribution in [3.05, 3.63) is 24.5 Å². The number of aromatic nitrogens is 1. The SMILES string of the molecule is CCOC(=O)CS(=O)(=O)N1CCC(C(=O)N2CCC3(CC2)CCN(c2ccncc2)C3)CC1. The van der Waals surface area contributed by atoms with Crippen LogP contribution in [0.25, 0.3) is 0 Å². The van der Waals surface area contributed by atoms with Gasteiger partial charge in [-0.25, -0.2) is 12.7 Å². The molecule has 182 valence electrons. The van der Waals surface area contributed by atoms with Gasteiger partial charge in [0.15, 0.2) is 5.75 Å². The van der Waals surface area contributed by atoms with E-state index in [1.165, 1.54) is 9.99 Å². The molecule has 1 aromatic rings. The molecule has 0 radical (unpaired) electrons. The van der Waals surface area contributed by atoms with Gasteiger partial charge in [-0.05, 0) is 56.6 Å². The van der Waals surface area contributed by atoms with Crippen LogP contribution >= 0.6 is 0 Å². The van der Waals surface area contributed by atoms with Crippen molar-refractivity contribution in [2.75, 3.05) is 56.5 Å². The molecule has 4 heterocycles. The van der Waals surface area contributed by atoms with Crippen LogP contribution in [0.2, 0.25) is 0 Å². The molecule has 3 fully saturated rings. The van der Waals surface area contributed by atoms with Gasteiger partial charge in [-0.1, -0.05) is 0 Å². The smallest absolute Gasteiger partial charge is 0.322 e. The van der Waals surface area contributed by atoms with Crippen molar-refractivity contribution in [1.29, 1.82) is 0 Å². The highest BCUT2D eigenvalue weighted by atomic mass is 32.2. The van der Waals surface area contributed by atoms with E-state index in [-0.39, 0.29) is 36.9 Å². The average Bonchev–Trinajstić information content (AvgIpc) is 3.23. The Morgan fingerprint density at radius 3 is 2.33 bits per heavy atom. The van der Waals surface area contributed by atoms with Crippen LogP contribution in [0.5, 0.6) is 0 Å². The molecule has 0 aliphatic carbocycles. The summed E-state index contributed by atoms with van der Waals surface area (Å²) < 4.78 is 31.0. The molecule has 10 heteroatoms. The van der Waals surface area contributed by atoms with E-state index in [0.29, 0.717) is 12.8 Å². The van der Waals surface area contributed by atoms with E-state index in [1.54, 1.807) is 6.92 Å². The zero-order chi connectivity index (χ0) is 23.5. The molecule has 3 saturated heterocycles. The molecule has 3 aliphatic heterocycles. The Morgan fingerprint density at radius 1 is 1.06 bits per heavy atom. The largest absolute Gasteiger partial charge is 0.465 e. The van der Waals surface area contributed by atoms with E-state index in [9.17, 15) is 18.0 Å². The minimum absolute atomic E-state index is 0.148. The molecule has 0 N–H and O–H groups in total. The van der Waals surface area contributed by atoms with Crippen molar-refractivity contribution >= 4 is 27.6 Å². The van der Waals surface area contributed by atoms with Gasteiger partial charge in [0.1, 0.15) is 0 Å². The number of hydrogen-bond acceptors (Lipinski definition) is 7. The first-order valence-electron chi connectivity index (χ1n) is 11.9. The van der Waals surface area contributed by atoms with Crippen molar-refractivity contribution in [1.82, 2.24) is 14.2 Å². The third-order valence-electron chi connectivity index (χ3n) is 7.40. The maximum atomic E-state index is 13.1. The summed E-state index contributed by atoms with van der Waals surface area (Å²) in [5.74, 6) is -1.36. The number of amides is 1. The van der Waals surface area contributed by atoms with Crippen molar-refractivity contribution in [3.8, 4) is 0 Å². The molecule has 33 heavy (non-hydrogen) atoms. The molecular formula is C23H34N4O5S. The summed E-state index contributed by atoms with van der Waals surface area (Å²) in [5.41, 5.74) is 1.48. The summed E-state index contributed by atoms with van der Waals surface area (Å²) in [7, 11) is -3.70. The third kappa shape index (κ3) is 5.48. The number of rotatable bonds is 6. The maximum absolute atomic E-state index is 13.1. The number of piperidine rings is 2. The predicted molar refractivity (Wildman–Crippen MR) is 124 cm³/mol. The third-order valence-corrected chi connectivity index (χ3v) is 9.16. The van der Waals surface area contributed by atoms with Crippen LogP contribution in [0.15, 0.2) is 24.5 Å². The second-order valence-corrected chi connectivity index (χ2v) is 11.4. The van der Waals surface area contributed by atoms with Gasteiger partial charge in [0.2, 0.25) is 15.9 Å². The minimum atomic E-state index is -3.70. The van der Waals surface area contributed by atoms with Crippen LogP contribution in [0.4, 0.5) is 5.69 Å². The van der Waals surface area contributed by atoms with Gasteiger partial charge in [-0.2, -0.15) is 0 Å². The fourth-order valence-corrected chi connectivity index (χ4v) is 6.73. The van der Waals surface area contributed by atoms with Crippen LogP contribution in [0, 0.1) is 11.3 Å². The van der Waals surface area contributed by atoms with E-state index in [0.717, 1.165) is 45.4 Å². The number of carbonyl (C=O) groups excluding carboxylic acids is 2. The second kappa shape index (κ2) is 9.97. The molecule has 0 atom stereocenters. The first-order valence-corrected chi connectivity index (χ1v) is 13.5. The number of nitrogens with zero attached hydrogens (tertiary/aromatic N) is 4. The Balaban J connectivity index is 1.25. The van der Waals surface area contributed by atoms with Gasteiger partial charge in [-0.3, -0.25) is 14.6 Å². The average molecular weight is 479 g/mol. The van der Waals surface area contributed by atoms with Crippen LogP contribution in [0.1, 0.15) is 39.0 Å². The van der Waals surface area contributed by atoms with E-state index in [4.69, 9.17) is 4.74 Å². The molecule has 1 amide bonds. The van der Waals surface area contributed by atoms with Crippen LogP contribution < -0.4 is 4.90 Å². The highest BCUT2D eigenvalue weighted by Crippen LogP contribution is 2.42. The van der Waals surface area contributed by atoms with Crippen LogP contribution in [-0.4, -0.2) is 86.1 Å². The summed E-state index contributed by atoms with van der Waals surface area (Å²) in [6.45, 7) is 5.95. The van der Waals surface area contributed by atoms with Crippen LogP contribution in [-0.2, 0) is 24.3 Å². The lowest BCUT2D eigenvalue weighted by atomic mass is 9.77. The lowest BCUT2D eigenvalue weighted by Crippen LogP contribution is -2.49. The van der Waals surface area contributed by atoms with Crippen molar-refractivity contribution in [3.63, 3.8) is 0 Å². The zero-order valence-electron chi connectivity index (χ0n) is 19.3. The summed E-state index contributed by atoms with van der Waals surface area (Å²) in [6, 6.07) is 4.11. The molecular weight excluding hydrogens is 444 g/mol. The number of ether oxygens (including phenoxy) is 1. The standard InChI is InChI=1S/C23H34N4O5S/c1-2-32-21(28)17-33(30,31)27-12-5-19(6-13-27)22(29)25-14-7-23(8-15-25)9-16-26(18-23)20-3-10-24-11-4-20/h3-4,10-11,19H,2,5-9,12-18H2,1H3. The van der Waals surface area contributed by atoms with Gasteiger partial charge in [0, 0.05) is 63.3 Å². The lowest BCUT2D eigenvalue weighted by Gasteiger charge is -2.41. The summed E-state index contributed by atoms with van der Waals surface area (Å²) >= 11 is 0. The van der Waals surface area contributed by atoms with Crippen molar-refractivity contribution < 1.29 is 22.7 Å². The van der Waals surface area contributed by atoms with E-state index in [2.05, 4.69) is 22.0 Å². The zero-order valence-corrected chi connectivity index (χ0v) is 20.1. The lowest BCUT2D eigenvalue weighted by molar-refractivity contribution is -0.140. The Labute approximate surface area is 196 Å². The molecule has 1 spiro atoms. The fraction of sp³-hybridized carbons (Fsp3) is 0.696. The number of likely N-dealkylation sites (tertiary alicyclic amines) is 1. The predicted octanol–water partition coefficient (Wildman–Crippen LogP) is 1.51. The molecule has 0 bridgehead atoms. The van der Waals surface area contributed by atoms with Gasteiger partial charge in [-0.15, -0.1) is 0 Å². The number of sulfonamides is 1. The number of pyridine rings is 1. The summed E-state index contributed by atoms with van der Waals surface area (Å²) in [4.78, 5) is 33.2. The Bertz CT molecular complexity index is 939. The molecule has 0 aromatic carbocycles. The van der Waals surface area contributed by atoms with Gasteiger partial charge in [0.25, 0.3) is 0 Å². The highest BCUT2D eigenvalue weighted by Gasteiger charge is 2.42. The molecule has 0 unspecified atom stereocenters. The number of esters is 1. The fourth-order valence-electron chi connectivity index (χ4n) is 5.40. The second-order valence-electron chi connectivity index (χ2n) is 9.44. The summed E-state index contributed by atoms with van der Waals surface area (Å²) in [5, 5.41) is 0. The first kappa shape index (κ1) is 23.9. The number of hydrogen-bond donors (Lipinski definition) is 0. The quantitative estimate of drug-likeness (QED) is 0.571. The van der Waals surface area contributed by atoms with Gasteiger partial charge < -0.3 is 14.5 Å². The minimum Gasteiger partial charge on any atom is -0.465 e. The maximum Gasteiger partial charge on any atom is 0.322 e. The number of anilines is 1.